The molecule has 23 heavy (non-hydrogen) atoms. The SMILES string of the molecule is CCCCN(C(=O)Cc1nc2nc(C)cc(C)n2n1)[C@@H](C)CC. The second-order valence-corrected chi connectivity index (χ2v) is 6.15. The van der Waals surface area contributed by atoms with E-state index < -0.39 is 0 Å². The Hall–Kier alpha value is -1.98. The van der Waals surface area contributed by atoms with Crippen molar-refractivity contribution in [2.45, 2.75) is 66.3 Å². The van der Waals surface area contributed by atoms with Crippen LogP contribution in [-0.4, -0.2) is 43.0 Å². The highest BCUT2D eigenvalue weighted by atomic mass is 16.2. The maximum atomic E-state index is 12.7. The van der Waals surface area contributed by atoms with Crippen molar-refractivity contribution >= 4 is 11.7 Å². The lowest BCUT2D eigenvalue weighted by molar-refractivity contribution is -0.132. The Bertz CT molecular complexity index is 679. The third-order valence-electron chi connectivity index (χ3n) is 4.17. The molecule has 0 aliphatic carbocycles. The van der Waals surface area contributed by atoms with E-state index in [2.05, 4.69) is 35.8 Å². The molecule has 0 spiro atoms. The van der Waals surface area contributed by atoms with Crippen LogP contribution in [0, 0.1) is 13.8 Å². The molecule has 2 aromatic heterocycles. The average Bonchev–Trinajstić information content (AvgIpc) is 2.89. The molecule has 6 nitrogen and oxygen atoms in total. The average molecular weight is 317 g/mol. The van der Waals surface area contributed by atoms with Crippen LogP contribution in [0.2, 0.25) is 0 Å². The molecule has 2 aromatic rings. The zero-order valence-corrected chi connectivity index (χ0v) is 14.8. The third kappa shape index (κ3) is 4.06. The van der Waals surface area contributed by atoms with E-state index in [1.807, 2.05) is 24.8 Å². The molecule has 0 saturated carbocycles. The highest BCUT2D eigenvalue weighted by Gasteiger charge is 2.20. The van der Waals surface area contributed by atoms with Gasteiger partial charge in [-0.3, -0.25) is 4.79 Å². The topological polar surface area (TPSA) is 63.4 Å². The molecule has 6 heteroatoms. The first-order chi connectivity index (χ1) is 11.0. The molecular formula is C17H27N5O. The van der Waals surface area contributed by atoms with Gasteiger partial charge in [0, 0.05) is 24.0 Å². The summed E-state index contributed by atoms with van der Waals surface area (Å²) in [6, 6.07) is 2.20. The van der Waals surface area contributed by atoms with Crippen molar-refractivity contribution in [3.63, 3.8) is 0 Å². The Balaban J connectivity index is 2.19. The molecule has 126 valence electrons. The molecule has 0 aromatic carbocycles. The van der Waals surface area contributed by atoms with Crippen molar-refractivity contribution in [3.8, 4) is 0 Å². The first-order valence-electron chi connectivity index (χ1n) is 8.45. The fourth-order valence-corrected chi connectivity index (χ4v) is 2.66. The maximum Gasteiger partial charge on any atom is 0.252 e. The van der Waals surface area contributed by atoms with Gasteiger partial charge in [-0.15, -0.1) is 5.10 Å². The Labute approximate surface area is 137 Å². The van der Waals surface area contributed by atoms with Crippen molar-refractivity contribution in [2.24, 2.45) is 0 Å². The summed E-state index contributed by atoms with van der Waals surface area (Å²) < 4.78 is 1.70. The van der Waals surface area contributed by atoms with Crippen LogP contribution >= 0.6 is 0 Å². The Morgan fingerprint density at radius 2 is 2.04 bits per heavy atom. The number of aryl methyl sites for hydroxylation is 2. The zero-order chi connectivity index (χ0) is 17.0. The van der Waals surface area contributed by atoms with E-state index in [4.69, 9.17) is 0 Å². The number of amides is 1. The molecule has 0 radical (unpaired) electrons. The number of carbonyl (C=O) groups excluding carboxylic acids is 1. The lowest BCUT2D eigenvalue weighted by atomic mass is 10.1. The van der Waals surface area contributed by atoms with E-state index in [9.17, 15) is 4.79 Å². The van der Waals surface area contributed by atoms with Gasteiger partial charge in [0.1, 0.15) is 0 Å². The van der Waals surface area contributed by atoms with Crippen LogP contribution in [0.4, 0.5) is 0 Å². The number of carbonyl (C=O) groups is 1. The maximum absolute atomic E-state index is 12.7. The van der Waals surface area contributed by atoms with E-state index >= 15 is 0 Å². The van der Waals surface area contributed by atoms with E-state index in [-0.39, 0.29) is 18.4 Å². The Kier molecular flexibility index (Phi) is 5.69. The van der Waals surface area contributed by atoms with E-state index in [1.165, 1.54) is 0 Å². The standard InChI is InChI=1S/C17H27N5O/c1-6-8-9-21(13(4)7-2)16(23)11-15-19-17-18-12(3)10-14(5)22(17)20-15/h10,13H,6-9,11H2,1-5H3/t13-/m0/s1. The number of rotatable bonds is 7. The third-order valence-corrected chi connectivity index (χ3v) is 4.17. The van der Waals surface area contributed by atoms with Crippen LogP contribution in [0.3, 0.4) is 0 Å². The van der Waals surface area contributed by atoms with Gasteiger partial charge in [0.25, 0.3) is 5.78 Å². The highest BCUT2D eigenvalue weighted by Crippen LogP contribution is 2.10. The summed E-state index contributed by atoms with van der Waals surface area (Å²) in [6.07, 6.45) is 3.29. The van der Waals surface area contributed by atoms with Gasteiger partial charge in [-0.05, 0) is 39.7 Å². The minimum absolute atomic E-state index is 0.0954. The number of unbranched alkanes of at least 4 members (excludes halogenated alkanes) is 1. The summed E-state index contributed by atoms with van der Waals surface area (Å²) >= 11 is 0. The van der Waals surface area contributed by atoms with Gasteiger partial charge in [-0.2, -0.15) is 4.98 Å². The number of nitrogens with zero attached hydrogens (tertiary/aromatic N) is 5. The van der Waals surface area contributed by atoms with Crippen LogP contribution in [0.1, 0.15) is 57.2 Å². The predicted molar refractivity (Wildman–Crippen MR) is 90.3 cm³/mol. The number of aromatic nitrogens is 4. The summed E-state index contributed by atoms with van der Waals surface area (Å²) in [4.78, 5) is 23.4. The number of hydrogen-bond acceptors (Lipinski definition) is 4. The zero-order valence-electron chi connectivity index (χ0n) is 14.8. The summed E-state index contributed by atoms with van der Waals surface area (Å²) in [5.41, 5.74) is 1.88. The fourth-order valence-electron chi connectivity index (χ4n) is 2.66. The van der Waals surface area contributed by atoms with Crippen LogP contribution in [0.5, 0.6) is 0 Å². The van der Waals surface area contributed by atoms with Crippen molar-refractivity contribution in [1.29, 1.82) is 0 Å². The summed E-state index contributed by atoms with van der Waals surface area (Å²) in [6.45, 7) is 11.0. The normalized spacial score (nSPS) is 12.6. The van der Waals surface area contributed by atoms with E-state index in [1.54, 1.807) is 4.52 Å². The number of fused-ring (bicyclic) bond motifs is 1. The Morgan fingerprint density at radius 3 is 2.70 bits per heavy atom. The van der Waals surface area contributed by atoms with E-state index in [0.29, 0.717) is 11.6 Å². The molecule has 0 N–H and O–H groups in total. The molecule has 0 bridgehead atoms. The lowest BCUT2D eigenvalue weighted by Crippen LogP contribution is -2.40. The van der Waals surface area contributed by atoms with Crippen LogP contribution in [0.15, 0.2) is 6.07 Å². The molecule has 0 saturated heterocycles. The van der Waals surface area contributed by atoms with Crippen molar-refractivity contribution in [3.05, 3.63) is 23.3 Å². The first-order valence-corrected chi connectivity index (χ1v) is 8.45. The van der Waals surface area contributed by atoms with Gasteiger partial charge in [0.15, 0.2) is 5.82 Å². The monoisotopic (exact) mass is 317 g/mol. The van der Waals surface area contributed by atoms with Gasteiger partial charge in [0.2, 0.25) is 5.91 Å². The molecule has 0 unspecified atom stereocenters. The summed E-state index contributed by atoms with van der Waals surface area (Å²) in [5.74, 6) is 1.20. The smallest absolute Gasteiger partial charge is 0.252 e. The van der Waals surface area contributed by atoms with Crippen LogP contribution in [-0.2, 0) is 11.2 Å². The van der Waals surface area contributed by atoms with Crippen LogP contribution < -0.4 is 0 Å². The van der Waals surface area contributed by atoms with Crippen molar-refractivity contribution in [1.82, 2.24) is 24.5 Å². The molecule has 0 fully saturated rings. The van der Waals surface area contributed by atoms with Gasteiger partial charge in [0.05, 0.1) is 6.42 Å². The highest BCUT2D eigenvalue weighted by molar-refractivity contribution is 5.78. The lowest BCUT2D eigenvalue weighted by Gasteiger charge is -2.28. The quantitative estimate of drug-likeness (QED) is 0.787. The first kappa shape index (κ1) is 17.4. The fraction of sp³-hybridized carbons (Fsp3) is 0.647. The van der Waals surface area contributed by atoms with Crippen LogP contribution in [0.25, 0.3) is 5.78 Å². The number of hydrogen-bond donors (Lipinski definition) is 0. The summed E-state index contributed by atoms with van der Waals surface area (Å²) in [7, 11) is 0. The largest absolute Gasteiger partial charge is 0.340 e. The Morgan fingerprint density at radius 1 is 1.30 bits per heavy atom. The molecule has 0 aliphatic rings. The molecule has 1 atom stereocenters. The molecule has 2 rings (SSSR count). The van der Waals surface area contributed by atoms with Gasteiger partial charge >= 0.3 is 0 Å². The van der Waals surface area contributed by atoms with E-state index in [0.717, 1.165) is 37.2 Å². The second-order valence-electron chi connectivity index (χ2n) is 6.15. The molecule has 0 aliphatic heterocycles. The van der Waals surface area contributed by atoms with Crippen molar-refractivity contribution < 1.29 is 4.79 Å². The molecular weight excluding hydrogens is 290 g/mol. The minimum Gasteiger partial charge on any atom is -0.340 e. The van der Waals surface area contributed by atoms with Crippen molar-refractivity contribution in [2.75, 3.05) is 6.54 Å². The molecule has 1 amide bonds. The summed E-state index contributed by atoms with van der Waals surface area (Å²) in [5, 5.41) is 4.44. The second kappa shape index (κ2) is 7.53. The minimum atomic E-state index is 0.0954. The van der Waals surface area contributed by atoms with Gasteiger partial charge < -0.3 is 4.90 Å². The predicted octanol–water partition coefficient (Wildman–Crippen LogP) is 2.71. The van der Waals surface area contributed by atoms with Gasteiger partial charge in [-0.25, -0.2) is 9.50 Å². The van der Waals surface area contributed by atoms with Gasteiger partial charge in [-0.1, -0.05) is 20.3 Å². The molecule has 2 heterocycles.